The van der Waals surface area contributed by atoms with Crippen LogP contribution in [0.1, 0.15) is 9.68 Å². The van der Waals surface area contributed by atoms with Gasteiger partial charge in [0.1, 0.15) is 17.0 Å². The van der Waals surface area contributed by atoms with Crippen LogP contribution in [0.5, 0.6) is 0 Å². The Balaban J connectivity index is 1.74. The standard InChI is InChI=1S/C19H15FN8O/c1-27-18-14(23-19(27)29)15(21)24-16(25-18)13-11-6-4-8-22-17(11)28(26-13)9-10-5-2-3-7-12(10)20/h2-8H,9H2,1H3,(H,23,29)(H2,21,24,25)/i1D3. The number of imidazole rings is 1. The first-order valence-corrected chi connectivity index (χ1v) is 8.58. The monoisotopic (exact) mass is 393 g/mol. The molecule has 0 bridgehead atoms. The average Bonchev–Trinajstić information content (AvgIpc) is 3.27. The van der Waals surface area contributed by atoms with E-state index in [0.717, 1.165) is 0 Å². The second-order valence-electron chi connectivity index (χ2n) is 6.37. The van der Waals surface area contributed by atoms with Gasteiger partial charge in [-0.05, 0) is 18.2 Å². The first kappa shape index (κ1) is 14.0. The Bertz CT molecular complexity index is 1550. The maximum atomic E-state index is 14.2. The van der Waals surface area contributed by atoms with Crippen molar-refractivity contribution in [1.29, 1.82) is 0 Å². The number of benzene rings is 1. The molecule has 3 N–H and O–H groups in total. The third-order valence-electron chi connectivity index (χ3n) is 4.56. The minimum Gasteiger partial charge on any atom is -0.382 e. The highest BCUT2D eigenvalue weighted by Crippen LogP contribution is 2.27. The molecule has 0 saturated carbocycles. The molecular weight excluding hydrogens is 375 g/mol. The molecule has 144 valence electrons. The minimum atomic E-state index is -2.78. The quantitative estimate of drug-likeness (QED) is 0.483. The Hall–Kier alpha value is -4.08. The zero-order valence-electron chi connectivity index (χ0n) is 17.8. The Labute approximate surface area is 166 Å². The summed E-state index contributed by atoms with van der Waals surface area (Å²) < 4.78 is 39.2. The van der Waals surface area contributed by atoms with E-state index in [1.54, 1.807) is 36.5 Å². The second-order valence-corrected chi connectivity index (χ2v) is 6.37. The highest BCUT2D eigenvalue weighted by molar-refractivity contribution is 5.91. The molecular formula is C19H15FN8O. The number of anilines is 1. The van der Waals surface area contributed by atoms with Gasteiger partial charge in [0.15, 0.2) is 22.9 Å². The summed E-state index contributed by atoms with van der Waals surface area (Å²) in [4.78, 5) is 27.4. The summed E-state index contributed by atoms with van der Waals surface area (Å²) in [6, 6.07) is 9.73. The molecule has 0 spiro atoms. The molecule has 5 aromatic rings. The van der Waals surface area contributed by atoms with Crippen molar-refractivity contribution >= 4 is 28.0 Å². The summed E-state index contributed by atoms with van der Waals surface area (Å²) in [6.07, 6.45) is 1.57. The van der Waals surface area contributed by atoms with Gasteiger partial charge in [-0.15, -0.1) is 0 Å². The van der Waals surface area contributed by atoms with Crippen LogP contribution in [-0.2, 0) is 13.5 Å². The Morgan fingerprint density at radius 3 is 2.90 bits per heavy atom. The number of nitrogens with zero attached hydrogens (tertiary/aromatic N) is 6. The van der Waals surface area contributed by atoms with Crippen molar-refractivity contribution in [2.45, 2.75) is 6.54 Å². The number of halogens is 1. The second kappa shape index (κ2) is 6.23. The number of aromatic amines is 1. The number of nitrogens with two attached hydrogens (primary N) is 1. The van der Waals surface area contributed by atoms with Crippen LogP contribution in [0.3, 0.4) is 0 Å². The molecule has 4 heterocycles. The third-order valence-corrected chi connectivity index (χ3v) is 4.56. The number of hydrogen-bond donors (Lipinski definition) is 2. The van der Waals surface area contributed by atoms with Crippen molar-refractivity contribution in [2.24, 2.45) is 6.98 Å². The van der Waals surface area contributed by atoms with E-state index < -0.39 is 12.7 Å². The lowest BCUT2D eigenvalue weighted by Crippen LogP contribution is -2.12. The lowest BCUT2D eigenvalue weighted by atomic mass is 10.2. The van der Waals surface area contributed by atoms with E-state index >= 15 is 0 Å². The first-order chi connectivity index (χ1) is 15.2. The number of H-pyrrole nitrogens is 1. The van der Waals surface area contributed by atoms with Gasteiger partial charge in [-0.1, -0.05) is 18.2 Å². The van der Waals surface area contributed by atoms with Crippen LogP contribution in [0, 0.1) is 5.82 Å². The van der Waals surface area contributed by atoms with Gasteiger partial charge < -0.3 is 10.7 Å². The summed E-state index contributed by atoms with van der Waals surface area (Å²) in [5, 5.41) is 5.07. The molecule has 1 aromatic carbocycles. The number of hydrogen-bond acceptors (Lipinski definition) is 6. The molecule has 0 amide bonds. The van der Waals surface area contributed by atoms with E-state index in [4.69, 9.17) is 9.85 Å². The van der Waals surface area contributed by atoms with Crippen LogP contribution in [0.15, 0.2) is 47.4 Å². The molecule has 0 aliphatic rings. The molecule has 0 aliphatic heterocycles. The van der Waals surface area contributed by atoms with Crippen molar-refractivity contribution in [1.82, 2.24) is 34.3 Å². The zero-order valence-corrected chi connectivity index (χ0v) is 14.8. The first-order valence-electron chi connectivity index (χ1n) is 10.1. The van der Waals surface area contributed by atoms with E-state index in [9.17, 15) is 9.18 Å². The van der Waals surface area contributed by atoms with Crippen LogP contribution in [0.2, 0.25) is 0 Å². The van der Waals surface area contributed by atoms with E-state index in [-0.39, 0.29) is 40.9 Å². The molecule has 4 aromatic heterocycles. The SMILES string of the molecule is [2H]C([2H])([2H])n1c(=O)[nH]c2c(N)nc(-c3nn(Cc4ccccc4F)c4ncccc34)nc21. The number of nitrogen functional groups attached to an aromatic ring is 1. The normalized spacial score (nSPS) is 13.5. The fourth-order valence-electron chi connectivity index (χ4n) is 3.19. The van der Waals surface area contributed by atoms with Crippen molar-refractivity contribution in [2.75, 3.05) is 5.73 Å². The smallest absolute Gasteiger partial charge is 0.327 e. The highest BCUT2D eigenvalue weighted by atomic mass is 19.1. The number of aromatic nitrogens is 7. The predicted octanol–water partition coefficient (Wildman–Crippen LogP) is 1.84. The molecule has 29 heavy (non-hydrogen) atoms. The van der Waals surface area contributed by atoms with Gasteiger partial charge in [0.2, 0.25) is 0 Å². The number of rotatable bonds is 3. The number of fused-ring (bicyclic) bond motifs is 2. The third kappa shape index (κ3) is 2.64. The van der Waals surface area contributed by atoms with Gasteiger partial charge in [0.05, 0.1) is 11.9 Å². The van der Waals surface area contributed by atoms with Gasteiger partial charge in [-0.3, -0.25) is 4.57 Å². The van der Waals surface area contributed by atoms with Crippen LogP contribution in [-0.4, -0.2) is 34.3 Å². The predicted molar refractivity (Wildman–Crippen MR) is 106 cm³/mol. The van der Waals surface area contributed by atoms with Gasteiger partial charge in [0.25, 0.3) is 0 Å². The number of aryl methyl sites for hydroxylation is 1. The van der Waals surface area contributed by atoms with Crippen LogP contribution in [0.25, 0.3) is 33.7 Å². The molecule has 10 heteroatoms. The van der Waals surface area contributed by atoms with E-state index in [0.29, 0.717) is 21.2 Å². The van der Waals surface area contributed by atoms with Crippen molar-refractivity contribution < 1.29 is 8.50 Å². The Kier molecular flexibility index (Phi) is 3.01. The van der Waals surface area contributed by atoms with Crippen LogP contribution >= 0.6 is 0 Å². The fourth-order valence-corrected chi connectivity index (χ4v) is 3.19. The highest BCUT2D eigenvalue weighted by Gasteiger charge is 2.19. The summed E-state index contributed by atoms with van der Waals surface area (Å²) in [5.41, 5.74) is 6.10. The van der Waals surface area contributed by atoms with Gasteiger partial charge in [-0.25, -0.2) is 28.8 Å². The molecule has 0 aliphatic carbocycles. The van der Waals surface area contributed by atoms with Gasteiger partial charge >= 0.3 is 5.69 Å². The molecule has 5 rings (SSSR count). The topological polar surface area (TPSA) is 120 Å². The molecule has 0 saturated heterocycles. The van der Waals surface area contributed by atoms with E-state index in [1.165, 1.54) is 10.7 Å². The molecule has 0 atom stereocenters. The largest absolute Gasteiger partial charge is 0.382 e. The maximum absolute atomic E-state index is 14.2. The lowest BCUT2D eigenvalue weighted by Gasteiger charge is -2.04. The lowest BCUT2D eigenvalue weighted by molar-refractivity contribution is 0.589. The summed E-state index contributed by atoms with van der Waals surface area (Å²) in [5.74, 6) is -0.479. The molecule has 0 unspecified atom stereocenters. The Morgan fingerprint density at radius 2 is 2.07 bits per heavy atom. The fraction of sp³-hybridized carbons (Fsp3) is 0.105. The molecule has 9 nitrogen and oxygen atoms in total. The summed E-state index contributed by atoms with van der Waals surface area (Å²) in [7, 11) is 0. The van der Waals surface area contributed by atoms with Gasteiger partial charge in [-0.2, -0.15) is 5.10 Å². The number of nitrogens with one attached hydrogen (secondary N) is 1. The minimum absolute atomic E-state index is 0.0114. The van der Waals surface area contributed by atoms with E-state index in [1.807, 2.05) is 0 Å². The maximum Gasteiger partial charge on any atom is 0.327 e. The van der Waals surface area contributed by atoms with Crippen molar-refractivity contribution in [3.63, 3.8) is 0 Å². The van der Waals surface area contributed by atoms with Crippen LogP contribution in [0.4, 0.5) is 10.2 Å². The molecule has 0 fully saturated rings. The Morgan fingerprint density at radius 1 is 1.21 bits per heavy atom. The summed E-state index contributed by atoms with van der Waals surface area (Å²) in [6.45, 7) is -2.68. The number of pyridine rings is 1. The molecule has 0 radical (unpaired) electrons. The van der Waals surface area contributed by atoms with Crippen molar-refractivity contribution in [3.8, 4) is 11.5 Å². The zero-order chi connectivity index (χ0) is 22.6. The average molecular weight is 393 g/mol. The van der Waals surface area contributed by atoms with Crippen LogP contribution < -0.4 is 11.4 Å². The summed E-state index contributed by atoms with van der Waals surface area (Å²) >= 11 is 0. The van der Waals surface area contributed by atoms with E-state index in [2.05, 4.69) is 25.0 Å². The van der Waals surface area contributed by atoms with Gasteiger partial charge in [0, 0.05) is 22.8 Å². The van der Waals surface area contributed by atoms with Crippen molar-refractivity contribution in [3.05, 3.63) is 64.5 Å².